The van der Waals surface area contributed by atoms with E-state index in [-0.39, 0.29) is 0 Å². The molecule has 1 saturated heterocycles. The van der Waals surface area contributed by atoms with Crippen molar-refractivity contribution in [3.05, 3.63) is 0 Å². The van der Waals surface area contributed by atoms with Crippen LogP contribution in [0.5, 0.6) is 0 Å². The second-order valence-corrected chi connectivity index (χ2v) is 6.46. The van der Waals surface area contributed by atoms with Gasteiger partial charge in [-0.1, -0.05) is 0 Å². The number of carbonyl (C=O) groups is 2. The Labute approximate surface area is 128 Å². The third-order valence-electron chi connectivity index (χ3n) is 3.27. The standard InChI is InChI=1S/C14H23F3N2O3/c1-13(2,3)22-12(21)19-8-5-6-10(19)11(20)18(4)9-7-14(15,16)17/h10H,5-9H2,1-4H3/t10-/m1/s1. The largest absolute Gasteiger partial charge is 0.444 e. The summed E-state index contributed by atoms with van der Waals surface area (Å²) in [6.45, 7) is 5.10. The first-order valence-corrected chi connectivity index (χ1v) is 7.22. The van der Waals surface area contributed by atoms with Gasteiger partial charge >= 0.3 is 12.3 Å². The number of hydrogen-bond acceptors (Lipinski definition) is 3. The van der Waals surface area contributed by atoms with E-state index < -0.39 is 42.8 Å². The van der Waals surface area contributed by atoms with Crippen LogP contribution in [0.2, 0.25) is 0 Å². The second kappa shape index (κ2) is 6.75. The van der Waals surface area contributed by atoms with Crippen LogP contribution in [-0.2, 0) is 9.53 Å². The van der Waals surface area contributed by atoms with Gasteiger partial charge in [0, 0.05) is 20.1 Å². The van der Waals surface area contributed by atoms with Gasteiger partial charge in [-0.05, 0) is 33.6 Å². The smallest absolute Gasteiger partial charge is 0.410 e. The van der Waals surface area contributed by atoms with Gasteiger partial charge in [0.25, 0.3) is 0 Å². The Morgan fingerprint density at radius 2 is 1.86 bits per heavy atom. The van der Waals surface area contributed by atoms with E-state index in [2.05, 4.69) is 0 Å². The van der Waals surface area contributed by atoms with Crippen molar-refractivity contribution in [3.63, 3.8) is 0 Å². The molecule has 5 nitrogen and oxygen atoms in total. The van der Waals surface area contributed by atoms with Crippen LogP contribution in [0.1, 0.15) is 40.0 Å². The van der Waals surface area contributed by atoms with Crippen LogP contribution < -0.4 is 0 Å². The number of ether oxygens (including phenoxy) is 1. The fraction of sp³-hybridized carbons (Fsp3) is 0.857. The zero-order valence-electron chi connectivity index (χ0n) is 13.4. The number of rotatable bonds is 3. The minimum Gasteiger partial charge on any atom is -0.444 e. The molecule has 1 atom stereocenters. The number of likely N-dealkylation sites (N-methyl/N-ethyl adjacent to an activating group) is 1. The Kier molecular flexibility index (Phi) is 5.70. The van der Waals surface area contributed by atoms with Gasteiger partial charge in [0.05, 0.1) is 6.42 Å². The molecule has 0 aliphatic carbocycles. The van der Waals surface area contributed by atoms with Crippen LogP contribution in [-0.4, -0.2) is 59.8 Å². The molecular formula is C14H23F3N2O3. The summed E-state index contributed by atoms with van der Waals surface area (Å²) in [6.07, 6.45) is -4.91. The van der Waals surface area contributed by atoms with Crippen molar-refractivity contribution in [1.82, 2.24) is 9.80 Å². The topological polar surface area (TPSA) is 49.9 Å². The van der Waals surface area contributed by atoms with E-state index in [0.717, 1.165) is 4.90 Å². The molecule has 0 aromatic rings. The lowest BCUT2D eigenvalue weighted by molar-refractivity contribution is -0.146. The Hall–Kier alpha value is -1.47. The maximum Gasteiger partial charge on any atom is 0.410 e. The highest BCUT2D eigenvalue weighted by molar-refractivity contribution is 5.86. The van der Waals surface area contributed by atoms with E-state index >= 15 is 0 Å². The highest BCUT2D eigenvalue weighted by Crippen LogP contribution is 2.24. The normalized spacial score (nSPS) is 19.2. The molecule has 0 saturated carbocycles. The number of likely N-dealkylation sites (tertiary alicyclic amines) is 1. The first kappa shape index (κ1) is 18.6. The van der Waals surface area contributed by atoms with Crippen molar-refractivity contribution in [2.45, 2.75) is 57.9 Å². The van der Waals surface area contributed by atoms with Crippen LogP contribution in [0.25, 0.3) is 0 Å². The van der Waals surface area contributed by atoms with Crippen molar-refractivity contribution >= 4 is 12.0 Å². The summed E-state index contributed by atoms with van der Waals surface area (Å²) in [6, 6.07) is -0.743. The lowest BCUT2D eigenvalue weighted by Gasteiger charge is -2.30. The van der Waals surface area contributed by atoms with Gasteiger partial charge in [-0.2, -0.15) is 13.2 Å². The van der Waals surface area contributed by atoms with Crippen LogP contribution >= 0.6 is 0 Å². The summed E-state index contributed by atoms with van der Waals surface area (Å²) in [7, 11) is 1.32. The Balaban J connectivity index is 2.65. The van der Waals surface area contributed by atoms with E-state index in [1.807, 2.05) is 0 Å². The lowest BCUT2D eigenvalue weighted by atomic mass is 10.2. The minimum atomic E-state index is -4.31. The molecule has 0 aromatic heterocycles. The molecule has 1 rings (SSSR count). The number of alkyl halides is 3. The zero-order chi connectivity index (χ0) is 17.1. The van der Waals surface area contributed by atoms with Crippen molar-refractivity contribution in [2.75, 3.05) is 20.1 Å². The predicted molar refractivity (Wildman–Crippen MR) is 74.3 cm³/mol. The highest BCUT2D eigenvalue weighted by Gasteiger charge is 2.38. The van der Waals surface area contributed by atoms with Gasteiger partial charge in [0.1, 0.15) is 11.6 Å². The molecule has 22 heavy (non-hydrogen) atoms. The van der Waals surface area contributed by atoms with Gasteiger partial charge < -0.3 is 9.64 Å². The van der Waals surface area contributed by atoms with E-state index in [9.17, 15) is 22.8 Å². The second-order valence-electron chi connectivity index (χ2n) is 6.46. The molecule has 1 heterocycles. The molecule has 1 aliphatic rings. The Morgan fingerprint density at radius 3 is 2.36 bits per heavy atom. The van der Waals surface area contributed by atoms with E-state index in [0.29, 0.717) is 19.4 Å². The SMILES string of the molecule is CN(CCC(F)(F)F)C(=O)[C@H]1CCCN1C(=O)OC(C)(C)C. The molecule has 0 radical (unpaired) electrons. The van der Waals surface area contributed by atoms with Crippen LogP contribution in [0, 0.1) is 0 Å². The quantitative estimate of drug-likeness (QED) is 0.802. The van der Waals surface area contributed by atoms with Crippen LogP contribution in [0.4, 0.5) is 18.0 Å². The lowest BCUT2D eigenvalue weighted by Crippen LogP contribution is -2.48. The van der Waals surface area contributed by atoms with Crippen molar-refractivity contribution in [1.29, 1.82) is 0 Å². The highest BCUT2D eigenvalue weighted by atomic mass is 19.4. The third kappa shape index (κ3) is 5.73. The average molecular weight is 324 g/mol. The molecule has 2 amide bonds. The predicted octanol–water partition coefficient (Wildman–Crippen LogP) is 2.80. The molecule has 0 aromatic carbocycles. The van der Waals surface area contributed by atoms with E-state index in [4.69, 9.17) is 4.74 Å². The van der Waals surface area contributed by atoms with Crippen molar-refractivity contribution in [3.8, 4) is 0 Å². The van der Waals surface area contributed by atoms with Crippen LogP contribution in [0.15, 0.2) is 0 Å². The Bertz CT molecular complexity index is 419. The molecule has 8 heteroatoms. The number of carbonyl (C=O) groups excluding carboxylic acids is 2. The molecular weight excluding hydrogens is 301 g/mol. The fourth-order valence-corrected chi connectivity index (χ4v) is 2.22. The summed E-state index contributed by atoms with van der Waals surface area (Å²) in [5, 5.41) is 0. The maximum absolute atomic E-state index is 12.3. The fourth-order valence-electron chi connectivity index (χ4n) is 2.22. The summed E-state index contributed by atoms with van der Waals surface area (Å²) >= 11 is 0. The molecule has 0 unspecified atom stereocenters. The molecule has 1 aliphatic heterocycles. The van der Waals surface area contributed by atoms with Gasteiger partial charge in [-0.3, -0.25) is 9.69 Å². The summed E-state index contributed by atoms with van der Waals surface area (Å²) < 4.78 is 41.9. The van der Waals surface area contributed by atoms with E-state index in [1.54, 1.807) is 20.8 Å². The third-order valence-corrected chi connectivity index (χ3v) is 3.27. The van der Waals surface area contributed by atoms with Crippen molar-refractivity contribution in [2.24, 2.45) is 0 Å². The average Bonchev–Trinajstić information content (AvgIpc) is 2.81. The Morgan fingerprint density at radius 1 is 1.27 bits per heavy atom. The summed E-state index contributed by atoms with van der Waals surface area (Å²) in [5.41, 5.74) is -0.685. The van der Waals surface area contributed by atoms with Gasteiger partial charge in [0.2, 0.25) is 5.91 Å². The molecule has 0 spiro atoms. The van der Waals surface area contributed by atoms with Gasteiger partial charge in [-0.15, -0.1) is 0 Å². The minimum absolute atomic E-state index is 0.373. The maximum atomic E-state index is 12.3. The molecule has 0 bridgehead atoms. The molecule has 128 valence electrons. The van der Waals surface area contributed by atoms with E-state index in [1.165, 1.54) is 11.9 Å². The molecule has 0 N–H and O–H groups in total. The van der Waals surface area contributed by atoms with Gasteiger partial charge in [-0.25, -0.2) is 4.79 Å². The first-order valence-electron chi connectivity index (χ1n) is 7.22. The first-order chi connectivity index (χ1) is 9.91. The molecule has 1 fully saturated rings. The number of amides is 2. The van der Waals surface area contributed by atoms with Crippen molar-refractivity contribution < 1.29 is 27.5 Å². The summed E-state index contributed by atoms with van der Waals surface area (Å²) in [4.78, 5) is 26.7. The monoisotopic (exact) mass is 324 g/mol. The van der Waals surface area contributed by atoms with Gasteiger partial charge in [0.15, 0.2) is 0 Å². The summed E-state index contributed by atoms with van der Waals surface area (Å²) in [5.74, 6) is -0.479. The number of halogens is 3. The zero-order valence-corrected chi connectivity index (χ0v) is 13.4. The number of nitrogens with zero attached hydrogens (tertiary/aromatic N) is 2. The number of hydrogen-bond donors (Lipinski definition) is 0. The van der Waals surface area contributed by atoms with Crippen LogP contribution in [0.3, 0.4) is 0 Å².